The van der Waals surface area contributed by atoms with Crippen LogP contribution in [-0.2, 0) is 6.54 Å². The summed E-state index contributed by atoms with van der Waals surface area (Å²) in [5.41, 5.74) is 1.19. The molecule has 0 spiro atoms. The minimum absolute atomic E-state index is 0. The number of rotatable bonds is 1. The zero-order chi connectivity index (χ0) is 6.85. The fourth-order valence-electron chi connectivity index (χ4n) is 0.952. The van der Waals surface area contributed by atoms with Gasteiger partial charge in [0.15, 0.2) is 12.3 Å². The zero-order valence-electron chi connectivity index (χ0n) is 6.52. The Morgan fingerprint density at radius 2 is 2.10 bits per heavy atom. The summed E-state index contributed by atoms with van der Waals surface area (Å²) < 4.78 is 7.15. The molecule has 0 saturated heterocycles. The standard InChI is InChI=1S/C7H12NO.HI/c1-4-8-6(2)5-7(3)9-8;/h5H,4H2,1-3H3;1H/q+1;/p-1. The molecular formula is C7H12INO. The first-order valence-corrected chi connectivity index (χ1v) is 3.21. The number of hydrogen-bond acceptors (Lipinski definition) is 1. The highest BCUT2D eigenvalue weighted by Gasteiger charge is 2.08. The summed E-state index contributed by atoms with van der Waals surface area (Å²) in [5, 5.41) is 0. The first-order valence-electron chi connectivity index (χ1n) is 3.21. The predicted octanol–water partition coefficient (Wildman–Crippen LogP) is -1.79. The molecule has 10 heavy (non-hydrogen) atoms. The molecule has 0 aromatic carbocycles. The van der Waals surface area contributed by atoms with Gasteiger partial charge in [0, 0.05) is 13.8 Å². The van der Waals surface area contributed by atoms with E-state index in [-0.39, 0.29) is 24.0 Å². The van der Waals surface area contributed by atoms with E-state index in [9.17, 15) is 0 Å². The number of aromatic nitrogens is 1. The lowest BCUT2D eigenvalue weighted by Gasteiger charge is -1.80. The molecule has 0 radical (unpaired) electrons. The third-order valence-corrected chi connectivity index (χ3v) is 1.35. The smallest absolute Gasteiger partial charge is 0.228 e. The Morgan fingerprint density at radius 3 is 2.30 bits per heavy atom. The summed E-state index contributed by atoms with van der Waals surface area (Å²) in [4.78, 5) is 0. The molecule has 0 atom stereocenters. The van der Waals surface area contributed by atoms with Gasteiger partial charge in [0.05, 0.1) is 6.07 Å². The molecule has 2 nitrogen and oxygen atoms in total. The molecule has 0 aliphatic rings. The minimum Gasteiger partial charge on any atom is -1.00 e. The number of hydrogen-bond donors (Lipinski definition) is 0. The van der Waals surface area contributed by atoms with Crippen molar-refractivity contribution in [1.82, 2.24) is 0 Å². The van der Waals surface area contributed by atoms with Crippen LogP contribution in [0.15, 0.2) is 10.6 Å². The maximum Gasteiger partial charge on any atom is 0.228 e. The van der Waals surface area contributed by atoms with Crippen molar-refractivity contribution in [3.05, 3.63) is 17.5 Å². The van der Waals surface area contributed by atoms with Crippen LogP contribution in [0, 0.1) is 13.8 Å². The molecule has 0 amide bonds. The molecule has 1 aromatic heterocycles. The van der Waals surface area contributed by atoms with E-state index in [1.54, 1.807) is 0 Å². The monoisotopic (exact) mass is 253 g/mol. The third-order valence-electron chi connectivity index (χ3n) is 1.35. The first kappa shape index (κ1) is 9.94. The van der Waals surface area contributed by atoms with Crippen molar-refractivity contribution in [3.8, 4) is 0 Å². The van der Waals surface area contributed by atoms with E-state index in [4.69, 9.17) is 4.52 Å². The average molecular weight is 253 g/mol. The normalized spacial score (nSPS) is 9.10. The molecule has 3 heteroatoms. The molecule has 0 fully saturated rings. The van der Waals surface area contributed by atoms with E-state index in [2.05, 4.69) is 6.92 Å². The Kier molecular flexibility index (Phi) is 3.93. The van der Waals surface area contributed by atoms with Crippen LogP contribution in [0.4, 0.5) is 0 Å². The zero-order valence-corrected chi connectivity index (χ0v) is 8.68. The van der Waals surface area contributed by atoms with Crippen LogP contribution in [0.1, 0.15) is 18.4 Å². The summed E-state index contributed by atoms with van der Waals surface area (Å²) in [7, 11) is 0. The molecule has 0 unspecified atom stereocenters. The molecule has 0 bridgehead atoms. The second-order valence-corrected chi connectivity index (χ2v) is 2.18. The van der Waals surface area contributed by atoms with E-state index in [0.717, 1.165) is 12.3 Å². The Morgan fingerprint density at radius 1 is 1.50 bits per heavy atom. The van der Waals surface area contributed by atoms with Gasteiger partial charge < -0.3 is 24.0 Å². The van der Waals surface area contributed by atoms with Gasteiger partial charge in [-0.1, -0.05) is 0 Å². The van der Waals surface area contributed by atoms with Gasteiger partial charge >= 0.3 is 0 Å². The topological polar surface area (TPSA) is 17.0 Å². The summed E-state index contributed by atoms with van der Waals surface area (Å²) >= 11 is 0. The second kappa shape index (κ2) is 3.95. The summed E-state index contributed by atoms with van der Waals surface area (Å²) in [6.45, 7) is 6.98. The Hall–Kier alpha value is -0.0600. The maximum atomic E-state index is 5.28. The lowest BCUT2D eigenvalue weighted by Crippen LogP contribution is -3.00. The lowest BCUT2D eigenvalue weighted by molar-refractivity contribution is -0.866. The fraction of sp³-hybridized carbons (Fsp3) is 0.571. The molecule has 1 aromatic rings. The van der Waals surface area contributed by atoms with Crippen LogP contribution in [0.5, 0.6) is 0 Å². The van der Waals surface area contributed by atoms with Gasteiger partial charge in [0.25, 0.3) is 0 Å². The van der Waals surface area contributed by atoms with Crippen molar-refractivity contribution in [2.24, 2.45) is 0 Å². The van der Waals surface area contributed by atoms with Crippen molar-refractivity contribution in [1.29, 1.82) is 0 Å². The van der Waals surface area contributed by atoms with E-state index >= 15 is 0 Å². The van der Waals surface area contributed by atoms with Crippen LogP contribution in [0.25, 0.3) is 0 Å². The maximum absolute atomic E-state index is 5.28. The molecule has 58 valence electrons. The fourth-order valence-corrected chi connectivity index (χ4v) is 0.952. The molecule has 1 rings (SSSR count). The summed E-state index contributed by atoms with van der Waals surface area (Å²) in [6.07, 6.45) is 0. The second-order valence-electron chi connectivity index (χ2n) is 2.18. The van der Waals surface area contributed by atoms with E-state index in [0.29, 0.717) is 0 Å². The molecule has 0 aliphatic heterocycles. The van der Waals surface area contributed by atoms with Crippen molar-refractivity contribution in [2.75, 3.05) is 0 Å². The number of aryl methyl sites for hydroxylation is 3. The highest BCUT2D eigenvalue weighted by Crippen LogP contribution is 1.96. The van der Waals surface area contributed by atoms with Gasteiger partial charge in [0.1, 0.15) is 0 Å². The van der Waals surface area contributed by atoms with Gasteiger partial charge in [-0.25, -0.2) is 4.52 Å². The van der Waals surface area contributed by atoms with Gasteiger partial charge in [0.2, 0.25) is 5.69 Å². The van der Waals surface area contributed by atoms with E-state index in [1.807, 2.05) is 24.7 Å². The van der Waals surface area contributed by atoms with E-state index < -0.39 is 0 Å². The summed E-state index contributed by atoms with van der Waals surface area (Å²) in [5.74, 6) is 0.981. The molecule has 0 saturated carbocycles. The van der Waals surface area contributed by atoms with Crippen molar-refractivity contribution in [2.45, 2.75) is 27.3 Å². The number of halogens is 1. The van der Waals surface area contributed by atoms with Crippen LogP contribution in [-0.4, -0.2) is 0 Å². The largest absolute Gasteiger partial charge is 1.00 e. The van der Waals surface area contributed by atoms with Gasteiger partial charge in [-0.3, -0.25) is 0 Å². The van der Waals surface area contributed by atoms with Crippen LogP contribution in [0.2, 0.25) is 0 Å². The predicted molar refractivity (Wildman–Crippen MR) is 34.1 cm³/mol. The Bertz CT molecular complexity index is 207. The van der Waals surface area contributed by atoms with Crippen LogP contribution < -0.4 is 28.7 Å². The highest BCUT2D eigenvalue weighted by atomic mass is 127. The molecule has 1 heterocycles. The van der Waals surface area contributed by atoms with Crippen molar-refractivity contribution >= 4 is 0 Å². The van der Waals surface area contributed by atoms with Gasteiger partial charge in [-0.05, 0) is 11.7 Å². The Balaban J connectivity index is 0.000000810. The lowest BCUT2D eigenvalue weighted by atomic mass is 10.4. The molecular weight excluding hydrogens is 241 g/mol. The SMILES string of the molecule is CC[n+]1oc(C)cc1C.[I-]. The minimum atomic E-state index is 0. The number of nitrogens with zero attached hydrogens (tertiary/aromatic N) is 1. The van der Waals surface area contributed by atoms with Gasteiger partial charge in [-0.15, -0.1) is 0 Å². The van der Waals surface area contributed by atoms with Crippen molar-refractivity contribution in [3.63, 3.8) is 0 Å². The van der Waals surface area contributed by atoms with E-state index in [1.165, 1.54) is 5.69 Å². The van der Waals surface area contributed by atoms with Gasteiger partial charge in [-0.2, -0.15) is 0 Å². The van der Waals surface area contributed by atoms with Crippen molar-refractivity contribution < 1.29 is 33.2 Å². The highest BCUT2D eigenvalue weighted by molar-refractivity contribution is 4.95. The average Bonchev–Trinajstić information content (AvgIpc) is 2.10. The third kappa shape index (κ3) is 1.97. The summed E-state index contributed by atoms with van der Waals surface area (Å²) in [6, 6.07) is 2.03. The molecule has 0 aliphatic carbocycles. The van der Waals surface area contributed by atoms with Crippen LogP contribution >= 0.6 is 0 Å². The quantitative estimate of drug-likeness (QED) is 0.426. The Labute approximate surface area is 78.2 Å². The first-order chi connectivity index (χ1) is 4.24. The van der Waals surface area contributed by atoms with Crippen LogP contribution in [0.3, 0.4) is 0 Å². The molecule has 0 N–H and O–H groups in total.